The Hall–Kier alpha value is -1.08. The van der Waals surface area contributed by atoms with E-state index in [2.05, 4.69) is 25.2 Å². The van der Waals surface area contributed by atoms with Gasteiger partial charge in [-0.15, -0.1) is 0 Å². The molecule has 90 valence electrons. The fraction of sp³-hybridized carbons (Fsp3) is 0.833. The average Bonchev–Trinajstić information content (AvgIpc) is 2.17. The molecule has 4 nitrogen and oxygen atoms in total. The highest BCUT2D eigenvalue weighted by atomic mass is 16.2. The standard InChI is InChI=1S/C12H21N3O/c1-10(2)9-15(5-3-4-13)12(16)6-11-7-14-8-11/h10-11,14H,3,5-9H2,1-2H3. The zero-order valence-corrected chi connectivity index (χ0v) is 10.2. The molecule has 1 rings (SSSR count). The molecule has 1 amide bonds. The fourth-order valence-electron chi connectivity index (χ4n) is 1.81. The van der Waals surface area contributed by atoms with E-state index in [1.807, 2.05) is 4.90 Å². The molecule has 1 heterocycles. The minimum absolute atomic E-state index is 0.204. The summed E-state index contributed by atoms with van der Waals surface area (Å²) < 4.78 is 0. The first-order chi connectivity index (χ1) is 7.63. The first-order valence-corrected chi connectivity index (χ1v) is 5.99. The molecule has 16 heavy (non-hydrogen) atoms. The summed E-state index contributed by atoms with van der Waals surface area (Å²) in [5.41, 5.74) is 0. The van der Waals surface area contributed by atoms with E-state index in [0.717, 1.165) is 19.6 Å². The maximum atomic E-state index is 12.0. The van der Waals surface area contributed by atoms with Gasteiger partial charge in [0.15, 0.2) is 0 Å². The number of carbonyl (C=O) groups excluding carboxylic acids is 1. The summed E-state index contributed by atoms with van der Waals surface area (Å²) in [6.45, 7) is 7.45. The third-order valence-electron chi connectivity index (χ3n) is 2.76. The number of hydrogen-bond acceptors (Lipinski definition) is 3. The lowest BCUT2D eigenvalue weighted by molar-refractivity contribution is -0.133. The van der Waals surface area contributed by atoms with Crippen LogP contribution in [0.3, 0.4) is 0 Å². The molecule has 0 atom stereocenters. The highest BCUT2D eigenvalue weighted by Gasteiger charge is 2.23. The molecule has 1 fully saturated rings. The molecule has 0 unspecified atom stereocenters. The summed E-state index contributed by atoms with van der Waals surface area (Å²) in [7, 11) is 0. The molecule has 0 saturated carbocycles. The van der Waals surface area contributed by atoms with E-state index < -0.39 is 0 Å². The second-order valence-corrected chi connectivity index (χ2v) is 4.87. The quantitative estimate of drug-likeness (QED) is 0.730. The minimum atomic E-state index is 0.204. The lowest BCUT2D eigenvalue weighted by Crippen LogP contribution is -2.46. The first-order valence-electron chi connectivity index (χ1n) is 5.99. The van der Waals surface area contributed by atoms with Crippen molar-refractivity contribution < 1.29 is 4.79 Å². The molecule has 0 bridgehead atoms. The van der Waals surface area contributed by atoms with Crippen molar-refractivity contribution in [3.63, 3.8) is 0 Å². The molecule has 0 aromatic heterocycles. The zero-order chi connectivity index (χ0) is 12.0. The number of amides is 1. The second-order valence-electron chi connectivity index (χ2n) is 4.87. The minimum Gasteiger partial charge on any atom is -0.341 e. The summed E-state index contributed by atoms with van der Waals surface area (Å²) in [4.78, 5) is 13.8. The Morgan fingerprint density at radius 1 is 1.56 bits per heavy atom. The normalized spacial score (nSPS) is 15.6. The van der Waals surface area contributed by atoms with Crippen LogP contribution in [0.1, 0.15) is 26.7 Å². The van der Waals surface area contributed by atoms with Gasteiger partial charge < -0.3 is 10.2 Å². The van der Waals surface area contributed by atoms with Crippen LogP contribution in [-0.2, 0) is 4.79 Å². The van der Waals surface area contributed by atoms with E-state index >= 15 is 0 Å². The molecule has 0 spiro atoms. The maximum Gasteiger partial charge on any atom is 0.222 e. The molecule has 0 aromatic rings. The Morgan fingerprint density at radius 3 is 2.69 bits per heavy atom. The predicted molar refractivity (Wildman–Crippen MR) is 62.6 cm³/mol. The summed E-state index contributed by atoms with van der Waals surface area (Å²) in [5.74, 6) is 1.17. The average molecular weight is 223 g/mol. The van der Waals surface area contributed by atoms with Gasteiger partial charge >= 0.3 is 0 Å². The van der Waals surface area contributed by atoms with Gasteiger partial charge in [-0.05, 0) is 24.9 Å². The zero-order valence-electron chi connectivity index (χ0n) is 10.2. The van der Waals surface area contributed by atoms with Gasteiger partial charge in [0.1, 0.15) is 0 Å². The number of hydrogen-bond donors (Lipinski definition) is 1. The SMILES string of the molecule is CC(C)CN(CCC#N)C(=O)CC1CNC1. The molecule has 1 saturated heterocycles. The number of nitriles is 1. The van der Waals surface area contributed by atoms with Crippen LogP contribution in [0.4, 0.5) is 0 Å². The van der Waals surface area contributed by atoms with Crippen LogP contribution in [0, 0.1) is 23.2 Å². The van der Waals surface area contributed by atoms with E-state index in [1.54, 1.807) is 0 Å². The fourth-order valence-corrected chi connectivity index (χ4v) is 1.81. The molecule has 1 aliphatic heterocycles. The van der Waals surface area contributed by atoms with Crippen LogP contribution in [0.5, 0.6) is 0 Å². The number of carbonyl (C=O) groups is 1. The van der Waals surface area contributed by atoms with Crippen LogP contribution in [0.2, 0.25) is 0 Å². The maximum absolute atomic E-state index is 12.0. The van der Waals surface area contributed by atoms with Gasteiger partial charge in [-0.2, -0.15) is 5.26 Å². The Labute approximate surface area is 97.6 Å². The van der Waals surface area contributed by atoms with Gasteiger partial charge in [-0.25, -0.2) is 0 Å². The van der Waals surface area contributed by atoms with Gasteiger partial charge in [0, 0.05) is 19.5 Å². The molecule has 0 radical (unpaired) electrons. The predicted octanol–water partition coefficient (Wildman–Crippen LogP) is 0.994. The molecule has 4 heteroatoms. The largest absolute Gasteiger partial charge is 0.341 e. The third-order valence-corrected chi connectivity index (χ3v) is 2.76. The topological polar surface area (TPSA) is 56.1 Å². The van der Waals surface area contributed by atoms with E-state index in [9.17, 15) is 4.79 Å². The second kappa shape index (κ2) is 6.49. The van der Waals surface area contributed by atoms with E-state index in [0.29, 0.717) is 31.2 Å². The summed E-state index contributed by atoms with van der Waals surface area (Å²) in [6.07, 6.45) is 1.06. The van der Waals surface area contributed by atoms with Gasteiger partial charge in [-0.3, -0.25) is 4.79 Å². The van der Waals surface area contributed by atoms with Crippen LogP contribution < -0.4 is 5.32 Å². The molecular formula is C12H21N3O. The Morgan fingerprint density at radius 2 is 2.25 bits per heavy atom. The van der Waals surface area contributed by atoms with Gasteiger partial charge in [0.25, 0.3) is 0 Å². The number of nitrogens with zero attached hydrogens (tertiary/aromatic N) is 2. The summed E-state index contributed by atoms with van der Waals surface area (Å²) in [6, 6.07) is 2.10. The Kier molecular flexibility index (Phi) is 5.27. The molecule has 1 aliphatic rings. The van der Waals surface area contributed by atoms with Crippen molar-refractivity contribution in [3.8, 4) is 6.07 Å². The third kappa shape index (κ3) is 4.19. The molecule has 1 N–H and O–H groups in total. The number of nitrogens with one attached hydrogen (secondary N) is 1. The van der Waals surface area contributed by atoms with E-state index in [-0.39, 0.29) is 5.91 Å². The van der Waals surface area contributed by atoms with Crippen LogP contribution >= 0.6 is 0 Å². The van der Waals surface area contributed by atoms with Crippen LogP contribution in [0.25, 0.3) is 0 Å². The summed E-state index contributed by atoms with van der Waals surface area (Å²) >= 11 is 0. The molecule has 0 aliphatic carbocycles. The highest BCUT2D eigenvalue weighted by Crippen LogP contribution is 2.12. The lowest BCUT2D eigenvalue weighted by atomic mass is 9.98. The van der Waals surface area contributed by atoms with Crippen LogP contribution in [0.15, 0.2) is 0 Å². The summed E-state index contributed by atoms with van der Waals surface area (Å²) in [5, 5.41) is 11.7. The number of rotatable bonds is 6. The van der Waals surface area contributed by atoms with Gasteiger partial charge in [0.2, 0.25) is 5.91 Å². The lowest BCUT2D eigenvalue weighted by Gasteiger charge is -2.30. The van der Waals surface area contributed by atoms with Gasteiger partial charge in [0.05, 0.1) is 12.5 Å². The van der Waals surface area contributed by atoms with Crippen LogP contribution in [-0.4, -0.2) is 37.0 Å². The van der Waals surface area contributed by atoms with E-state index in [4.69, 9.17) is 5.26 Å². The van der Waals surface area contributed by atoms with Crippen molar-refractivity contribution >= 4 is 5.91 Å². The smallest absolute Gasteiger partial charge is 0.222 e. The van der Waals surface area contributed by atoms with Crippen molar-refractivity contribution in [3.05, 3.63) is 0 Å². The van der Waals surface area contributed by atoms with E-state index in [1.165, 1.54) is 0 Å². The first kappa shape index (κ1) is 13.0. The van der Waals surface area contributed by atoms with Crippen molar-refractivity contribution in [1.29, 1.82) is 5.26 Å². The van der Waals surface area contributed by atoms with Crippen molar-refractivity contribution in [2.24, 2.45) is 11.8 Å². The monoisotopic (exact) mass is 223 g/mol. The molecular weight excluding hydrogens is 202 g/mol. The molecule has 0 aromatic carbocycles. The van der Waals surface area contributed by atoms with Gasteiger partial charge in [-0.1, -0.05) is 13.8 Å². The van der Waals surface area contributed by atoms with Crippen molar-refractivity contribution in [2.75, 3.05) is 26.2 Å². The Balaban J connectivity index is 2.39. The van der Waals surface area contributed by atoms with Crippen molar-refractivity contribution in [1.82, 2.24) is 10.2 Å². The Bertz CT molecular complexity index is 266. The van der Waals surface area contributed by atoms with Crippen molar-refractivity contribution in [2.45, 2.75) is 26.7 Å². The highest BCUT2D eigenvalue weighted by molar-refractivity contribution is 5.76.